The van der Waals surface area contributed by atoms with E-state index in [0.29, 0.717) is 6.42 Å². The van der Waals surface area contributed by atoms with Crippen molar-refractivity contribution in [2.45, 2.75) is 257 Å². The van der Waals surface area contributed by atoms with E-state index in [1.165, 1.54) is 128 Å². The Balaban J connectivity index is 3.66. The first kappa shape index (κ1) is 62.8. The predicted molar refractivity (Wildman–Crippen MR) is 294 cm³/mol. The van der Waals surface area contributed by atoms with Crippen molar-refractivity contribution in [1.29, 1.82) is 0 Å². The molecule has 2 atom stereocenters. The molecular formula is C62H105NO3. The largest absolute Gasteiger partial charge is 0.394 e. The van der Waals surface area contributed by atoms with Gasteiger partial charge >= 0.3 is 0 Å². The van der Waals surface area contributed by atoms with Gasteiger partial charge in [-0.05, 0) is 89.9 Å². The quantitative estimate of drug-likeness (QED) is 0.0421. The van der Waals surface area contributed by atoms with Gasteiger partial charge in [-0.3, -0.25) is 4.79 Å². The molecule has 4 nitrogen and oxygen atoms in total. The summed E-state index contributed by atoms with van der Waals surface area (Å²) in [5.41, 5.74) is 0. The summed E-state index contributed by atoms with van der Waals surface area (Å²) < 4.78 is 0. The van der Waals surface area contributed by atoms with Gasteiger partial charge in [0.2, 0.25) is 5.91 Å². The molecular weight excluding hydrogens is 807 g/mol. The van der Waals surface area contributed by atoms with Crippen molar-refractivity contribution >= 4 is 5.91 Å². The molecule has 0 spiro atoms. The molecule has 1 amide bonds. The Morgan fingerprint density at radius 2 is 0.667 bits per heavy atom. The number of hydrogen-bond donors (Lipinski definition) is 3. The minimum atomic E-state index is -0.857. The Kier molecular flexibility index (Phi) is 53.4. The van der Waals surface area contributed by atoms with Crippen molar-refractivity contribution in [3.05, 3.63) is 122 Å². The van der Waals surface area contributed by atoms with Crippen LogP contribution < -0.4 is 5.32 Å². The fourth-order valence-electron chi connectivity index (χ4n) is 7.76. The van der Waals surface area contributed by atoms with Crippen LogP contribution in [0, 0.1) is 0 Å². The number of unbranched alkanes of at least 4 members (excludes halogenated alkanes) is 24. The molecule has 3 N–H and O–H groups in total. The Morgan fingerprint density at radius 3 is 1.00 bits per heavy atom. The molecule has 0 saturated heterocycles. The van der Waals surface area contributed by atoms with Crippen LogP contribution in [0.4, 0.5) is 0 Å². The number of aliphatic hydroxyl groups excluding tert-OH is 2. The van der Waals surface area contributed by atoms with Crippen molar-refractivity contribution in [3.8, 4) is 0 Å². The van der Waals surface area contributed by atoms with E-state index in [0.717, 1.165) is 96.3 Å². The molecule has 0 radical (unpaired) electrons. The standard InChI is InChI=1S/C62H105NO3/c1-3-5-7-9-11-13-15-17-19-21-23-25-26-27-28-29-30-31-32-33-34-35-36-38-40-42-44-46-48-50-52-54-56-58-62(66)63-60(59-64)61(65)57-55-53-51-49-47-45-43-41-39-37-24-22-20-18-16-14-12-10-8-6-4-2/h5,7,11,13,17,19,23,25,27-28,30-31,33-34,36,38,42,44,55,57,60-61,64-65H,3-4,6,8-10,12,14-16,18,20-22,24,26,29,32,35,37,39-41,43,45-54,56,58-59H2,1-2H3,(H,63,66)/b7-5-,13-11-,19-17-,25-23-,28-27-,31-30-,34-33-,38-36-,44-42-,57-55+. The van der Waals surface area contributed by atoms with Crippen molar-refractivity contribution in [3.63, 3.8) is 0 Å². The number of carbonyl (C=O) groups excluding carboxylic acids is 1. The van der Waals surface area contributed by atoms with Crippen LogP contribution in [0.2, 0.25) is 0 Å². The number of carbonyl (C=O) groups is 1. The average molecular weight is 913 g/mol. The van der Waals surface area contributed by atoms with Gasteiger partial charge in [0.05, 0.1) is 18.8 Å². The molecule has 0 fully saturated rings. The number of hydrogen-bond acceptors (Lipinski definition) is 3. The van der Waals surface area contributed by atoms with Crippen LogP contribution >= 0.6 is 0 Å². The first-order chi connectivity index (χ1) is 32.7. The van der Waals surface area contributed by atoms with Crippen molar-refractivity contribution in [1.82, 2.24) is 5.32 Å². The minimum absolute atomic E-state index is 0.0864. The third-order valence-electron chi connectivity index (χ3n) is 12.0. The second-order valence-electron chi connectivity index (χ2n) is 18.3. The second-order valence-corrected chi connectivity index (χ2v) is 18.3. The Labute approximate surface area is 409 Å². The fourth-order valence-corrected chi connectivity index (χ4v) is 7.76. The van der Waals surface area contributed by atoms with Crippen molar-refractivity contribution in [2.24, 2.45) is 0 Å². The highest BCUT2D eigenvalue weighted by Gasteiger charge is 2.18. The zero-order valence-electron chi connectivity index (χ0n) is 43.2. The van der Waals surface area contributed by atoms with Crippen LogP contribution in [0.1, 0.15) is 245 Å². The molecule has 0 aliphatic carbocycles. The summed E-state index contributed by atoms with van der Waals surface area (Å²) >= 11 is 0. The molecule has 376 valence electrons. The summed E-state index contributed by atoms with van der Waals surface area (Å²) in [5, 5.41) is 23.1. The SMILES string of the molecule is CC/C=C\C/C=C\C/C=C\C/C=C\C/C=C\C/C=C\C/C=C\C/C=C\C/C=C\CCCCCCCC(=O)NC(CO)C(O)/C=C/CCCCCCCCCCCCCCCCCCCCC. The van der Waals surface area contributed by atoms with Gasteiger partial charge in [-0.2, -0.15) is 0 Å². The molecule has 0 aromatic rings. The van der Waals surface area contributed by atoms with Gasteiger partial charge in [0.1, 0.15) is 0 Å². The van der Waals surface area contributed by atoms with Crippen LogP contribution in [0.15, 0.2) is 122 Å². The summed E-state index contributed by atoms with van der Waals surface area (Å²) in [4.78, 5) is 12.5. The number of aliphatic hydroxyl groups is 2. The van der Waals surface area contributed by atoms with Gasteiger partial charge in [-0.25, -0.2) is 0 Å². The topological polar surface area (TPSA) is 69.6 Å². The Morgan fingerprint density at radius 1 is 0.379 bits per heavy atom. The molecule has 0 bridgehead atoms. The zero-order chi connectivity index (χ0) is 47.7. The van der Waals surface area contributed by atoms with Crippen LogP contribution in [0.3, 0.4) is 0 Å². The maximum absolute atomic E-state index is 12.5. The maximum Gasteiger partial charge on any atom is 0.220 e. The van der Waals surface area contributed by atoms with E-state index in [-0.39, 0.29) is 12.5 Å². The predicted octanol–water partition coefficient (Wildman–Crippen LogP) is 18.5. The lowest BCUT2D eigenvalue weighted by molar-refractivity contribution is -0.123. The highest BCUT2D eigenvalue weighted by molar-refractivity contribution is 5.76. The second kappa shape index (κ2) is 56.1. The van der Waals surface area contributed by atoms with Crippen molar-refractivity contribution in [2.75, 3.05) is 6.61 Å². The van der Waals surface area contributed by atoms with E-state index >= 15 is 0 Å². The highest BCUT2D eigenvalue weighted by atomic mass is 16.3. The summed E-state index contributed by atoms with van der Waals surface area (Å²) in [6, 6.07) is -0.643. The van der Waals surface area contributed by atoms with Crippen LogP contribution in [-0.4, -0.2) is 34.9 Å². The monoisotopic (exact) mass is 912 g/mol. The summed E-state index contributed by atoms with van der Waals surface area (Å²) in [7, 11) is 0. The first-order valence-electron chi connectivity index (χ1n) is 27.7. The lowest BCUT2D eigenvalue weighted by atomic mass is 10.0. The van der Waals surface area contributed by atoms with E-state index in [1.54, 1.807) is 6.08 Å². The van der Waals surface area contributed by atoms with Crippen LogP contribution in [0.5, 0.6) is 0 Å². The molecule has 0 aromatic heterocycles. The summed E-state index contributed by atoms with van der Waals surface area (Å²) in [6.07, 6.45) is 86.3. The average Bonchev–Trinajstić information content (AvgIpc) is 3.32. The van der Waals surface area contributed by atoms with E-state index in [1.807, 2.05) is 6.08 Å². The molecule has 0 aromatic carbocycles. The van der Waals surface area contributed by atoms with Gasteiger partial charge in [-0.15, -0.1) is 0 Å². The number of allylic oxidation sites excluding steroid dienone is 19. The first-order valence-corrected chi connectivity index (χ1v) is 27.7. The van der Waals surface area contributed by atoms with Crippen molar-refractivity contribution < 1.29 is 15.0 Å². The van der Waals surface area contributed by atoms with E-state index in [9.17, 15) is 15.0 Å². The van der Waals surface area contributed by atoms with Crippen LogP contribution in [0.25, 0.3) is 0 Å². The molecule has 2 unspecified atom stereocenters. The molecule has 4 heteroatoms. The minimum Gasteiger partial charge on any atom is -0.394 e. The van der Waals surface area contributed by atoms with Gasteiger partial charge < -0.3 is 15.5 Å². The molecule has 0 saturated carbocycles. The summed E-state index contributed by atoms with van der Waals surface area (Å²) in [5.74, 6) is -0.0864. The summed E-state index contributed by atoms with van der Waals surface area (Å²) in [6.45, 7) is 4.19. The van der Waals surface area contributed by atoms with Crippen LogP contribution in [-0.2, 0) is 4.79 Å². The molecule has 0 rings (SSSR count). The fraction of sp³-hybridized carbons (Fsp3) is 0.661. The third kappa shape index (κ3) is 51.8. The third-order valence-corrected chi connectivity index (χ3v) is 12.0. The highest BCUT2D eigenvalue weighted by Crippen LogP contribution is 2.15. The Hall–Kier alpha value is -3.21. The molecule has 0 heterocycles. The van der Waals surface area contributed by atoms with Gasteiger partial charge in [-0.1, -0.05) is 270 Å². The molecule has 66 heavy (non-hydrogen) atoms. The Bertz CT molecular complexity index is 1310. The number of rotatable bonds is 49. The number of nitrogens with one attached hydrogen (secondary N) is 1. The lowest BCUT2D eigenvalue weighted by Crippen LogP contribution is -2.45. The molecule has 0 aliphatic rings. The van der Waals surface area contributed by atoms with E-state index in [4.69, 9.17) is 0 Å². The lowest BCUT2D eigenvalue weighted by Gasteiger charge is -2.20. The zero-order valence-corrected chi connectivity index (χ0v) is 43.2. The van der Waals surface area contributed by atoms with Gasteiger partial charge in [0.25, 0.3) is 0 Å². The maximum atomic E-state index is 12.5. The van der Waals surface area contributed by atoms with E-state index in [2.05, 4.69) is 129 Å². The normalized spacial score (nSPS) is 13.8. The van der Waals surface area contributed by atoms with Gasteiger partial charge in [0, 0.05) is 6.42 Å². The van der Waals surface area contributed by atoms with Gasteiger partial charge in [0.15, 0.2) is 0 Å². The van der Waals surface area contributed by atoms with E-state index < -0.39 is 12.1 Å². The smallest absolute Gasteiger partial charge is 0.220 e. The molecule has 0 aliphatic heterocycles. The number of amides is 1.